The second-order valence-electron chi connectivity index (χ2n) is 9.40. The van der Waals surface area contributed by atoms with E-state index in [2.05, 4.69) is 15.5 Å². The number of pyridine rings is 1. The molecule has 1 aliphatic carbocycles. The maximum atomic E-state index is 14.8. The van der Waals surface area contributed by atoms with Crippen LogP contribution in [0.1, 0.15) is 49.3 Å². The molecule has 3 atom stereocenters. The van der Waals surface area contributed by atoms with Crippen molar-refractivity contribution >= 4 is 11.7 Å². The first-order valence-electron chi connectivity index (χ1n) is 11.7. The minimum absolute atomic E-state index is 0.140. The number of carbonyl (C=O) groups excluding carboxylic acids is 1. The summed E-state index contributed by atoms with van der Waals surface area (Å²) in [6, 6.07) is 2.80. The predicted octanol–water partition coefficient (Wildman–Crippen LogP) is 3.00. The standard InChI is InChI=1S/C23H26F5N5O4/c1-12(20(35)30-17-4-5-18(32-31-17)37-11-13-2-3-13)33-7-6-22(24,25)16(10-33)14-8-15(21(36)29-9-14)19(34)23(26,27)28/h4-5,8-9,12-13,16,19,34H,2-3,6-7,10-11H2,1H3,(H,29,36)(H,30,31,35)/t12?,16-,19?/m1/s1. The summed E-state index contributed by atoms with van der Waals surface area (Å²) in [5, 5.41) is 19.8. The molecule has 0 spiro atoms. The van der Waals surface area contributed by atoms with Crippen molar-refractivity contribution in [1.82, 2.24) is 20.1 Å². The Morgan fingerprint density at radius 3 is 2.68 bits per heavy atom. The summed E-state index contributed by atoms with van der Waals surface area (Å²) in [7, 11) is 0. The van der Waals surface area contributed by atoms with Gasteiger partial charge in [-0.1, -0.05) is 0 Å². The minimum atomic E-state index is -5.15. The topological polar surface area (TPSA) is 120 Å². The lowest BCUT2D eigenvalue weighted by molar-refractivity contribution is -0.207. The Hall–Kier alpha value is -3.13. The van der Waals surface area contributed by atoms with Gasteiger partial charge in [-0.15, -0.1) is 10.2 Å². The number of piperidine rings is 1. The number of hydrogen-bond acceptors (Lipinski definition) is 7. The van der Waals surface area contributed by atoms with Crippen LogP contribution >= 0.6 is 0 Å². The van der Waals surface area contributed by atoms with E-state index in [1.165, 1.54) is 17.9 Å². The molecule has 9 nitrogen and oxygen atoms in total. The first-order valence-corrected chi connectivity index (χ1v) is 11.7. The fourth-order valence-electron chi connectivity index (χ4n) is 4.07. The van der Waals surface area contributed by atoms with Crippen LogP contribution in [0.2, 0.25) is 0 Å². The number of carbonyl (C=O) groups is 1. The number of H-pyrrole nitrogens is 1. The Morgan fingerprint density at radius 1 is 1.32 bits per heavy atom. The average Bonchev–Trinajstić information content (AvgIpc) is 3.67. The second-order valence-corrected chi connectivity index (χ2v) is 9.40. The molecule has 37 heavy (non-hydrogen) atoms. The number of aliphatic hydroxyl groups excluding tert-OH is 1. The van der Waals surface area contributed by atoms with Crippen LogP contribution in [-0.4, -0.2) is 68.9 Å². The molecule has 202 valence electrons. The van der Waals surface area contributed by atoms with Gasteiger partial charge in [0, 0.05) is 31.8 Å². The largest absolute Gasteiger partial charge is 0.476 e. The molecule has 1 saturated carbocycles. The molecule has 2 aromatic heterocycles. The normalized spacial score (nSPS) is 21.8. The molecule has 0 aromatic carbocycles. The molecular weight excluding hydrogens is 505 g/mol. The molecule has 1 saturated heterocycles. The Morgan fingerprint density at radius 2 is 2.05 bits per heavy atom. The molecule has 2 fully saturated rings. The number of ether oxygens (including phenoxy) is 1. The van der Waals surface area contributed by atoms with Crippen LogP contribution in [0.5, 0.6) is 5.88 Å². The summed E-state index contributed by atoms with van der Waals surface area (Å²) in [5.74, 6) is -4.52. The number of anilines is 1. The Bertz CT molecular complexity index is 1170. The molecule has 14 heteroatoms. The van der Waals surface area contributed by atoms with E-state index in [0.29, 0.717) is 24.5 Å². The van der Waals surface area contributed by atoms with E-state index < -0.39 is 53.6 Å². The van der Waals surface area contributed by atoms with Crippen molar-refractivity contribution in [3.05, 3.63) is 45.9 Å². The smallest absolute Gasteiger partial charge is 0.418 e. The van der Waals surface area contributed by atoms with Crippen LogP contribution in [0.25, 0.3) is 0 Å². The first kappa shape index (κ1) is 26.9. The lowest BCUT2D eigenvalue weighted by Crippen LogP contribution is -2.52. The van der Waals surface area contributed by atoms with Gasteiger partial charge in [-0.05, 0) is 43.4 Å². The van der Waals surface area contributed by atoms with Gasteiger partial charge in [0.1, 0.15) is 0 Å². The van der Waals surface area contributed by atoms with E-state index in [1.807, 2.05) is 4.98 Å². The lowest BCUT2D eigenvalue weighted by Gasteiger charge is -2.40. The molecule has 0 bridgehead atoms. The molecule has 1 amide bonds. The van der Waals surface area contributed by atoms with E-state index in [9.17, 15) is 36.6 Å². The van der Waals surface area contributed by atoms with Crippen molar-refractivity contribution in [2.45, 2.75) is 56.3 Å². The third-order valence-electron chi connectivity index (χ3n) is 6.60. The van der Waals surface area contributed by atoms with Gasteiger partial charge in [0.2, 0.25) is 11.8 Å². The van der Waals surface area contributed by atoms with Crippen molar-refractivity contribution < 1.29 is 36.6 Å². The van der Waals surface area contributed by atoms with Gasteiger partial charge >= 0.3 is 6.18 Å². The monoisotopic (exact) mass is 531 g/mol. The summed E-state index contributed by atoms with van der Waals surface area (Å²) < 4.78 is 74.0. The quantitative estimate of drug-likeness (QED) is 0.448. The zero-order chi connectivity index (χ0) is 27.0. The summed E-state index contributed by atoms with van der Waals surface area (Å²) in [4.78, 5) is 28.1. The number of rotatable bonds is 8. The number of aromatic amines is 1. The Balaban J connectivity index is 1.44. The van der Waals surface area contributed by atoms with Crippen molar-refractivity contribution in [1.29, 1.82) is 0 Å². The van der Waals surface area contributed by atoms with Gasteiger partial charge < -0.3 is 20.1 Å². The molecular formula is C23H26F5N5O4. The predicted molar refractivity (Wildman–Crippen MR) is 120 cm³/mol. The molecule has 0 radical (unpaired) electrons. The van der Waals surface area contributed by atoms with Gasteiger partial charge in [0.25, 0.3) is 11.5 Å². The van der Waals surface area contributed by atoms with Crippen molar-refractivity contribution in [2.75, 3.05) is 25.0 Å². The van der Waals surface area contributed by atoms with Crippen molar-refractivity contribution in [2.24, 2.45) is 5.92 Å². The second kappa shape index (κ2) is 10.3. The highest BCUT2D eigenvalue weighted by Gasteiger charge is 2.47. The number of nitrogens with one attached hydrogen (secondary N) is 2. The van der Waals surface area contributed by atoms with Gasteiger partial charge in [-0.3, -0.25) is 14.5 Å². The van der Waals surface area contributed by atoms with E-state index in [-0.39, 0.29) is 24.5 Å². The highest BCUT2D eigenvalue weighted by molar-refractivity contribution is 5.93. The number of aromatic nitrogens is 3. The first-order chi connectivity index (χ1) is 17.3. The van der Waals surface area contributed by atoms with E-state index in [0.717, 1.165) is 19.0 Å². The highest BCUT2D eigenvalue weighted by atomic mass is 19.4. The SMILES string of the molecule is CC(C(=O)Nc1ccc(OCC2CC2)nn1)N1CCC(F)(F)[C@@H](c2c[nH]c(=O)c(C(O)C(F)(F)F)c2)C1. The summed E-state index contributed by atoms with van der Waals surface area (Å²) >= 11 is 0. The molecule has 2 unspecified atom stereocenters. The van der Waals surface area contributed by atoms with Gasteiger partial charge in [-0.25, -0.2) is 8.78 Å². The third kappa shape index (κ3) is 6.42. The fraction of sp³-hybridized carbons (Fsp3) is 0.565. The van der Waals surface area contributed by atoms with Crippen LogP contribution < -0.4 is 15.6 Å². The van der Waals surface area contributed by atoms with Crippen molar-refractivity contribution in [3.8, 4) is 5.88 Å². The number of likely N-dealkylation sites (tertiary alicyclic amines) is 1. The molecule has 3 N–H and O–H groups in total. The number of alkyl halides is 5. The van der Waals surface area contributed by atoms with Gasteiger partial charge in [-0.2, -0.15) is 13.2 Å². The van der Waals surface area contributed by atoms with E-state index >= 15 is 0 Å². The van der Waals surface area contributed by atoms with Crippen LogP contribution in [0, 0.1) is 5.92 Å². The summed E-state index contributed by atoms with van der Waals surface area (Å²) in [5.41, 5.74) is -2.60. The average molecular weight is 531 g/mol. The van der Waals surface area contributed by atoms with Gasteiger partial charge in [0.15, 0.2) is 11.9 Å². The Labute approximate surface area is 208 Å². The van der Waals surface area contributed by atoms with E-state index in [4.69, 9.17) is 4.74 Å². The lowest BCUT2D eigenvalue weighted by atomic mass is 9.86. The number of hydrogen-bond donors (Lipinski definition) is 3. The number of nitrogens with zero attached hydrogens (tertiary/aromatic N) is 3. The summed E-state index contributed by atoms with van der Waals surface area (Å²) in [6.45, 7) is 1.51. The zero-order valence-electron chi connectivity index (χ0n) is 19.8. The maximum absolute atomic E-state index is 14.8. The van der Waals surface area contributed by atoms with Crippen LogP contribution in [-0.2, 0) is 4.79 Å². The highest BCUT2D eigenvalue weighted by Crippen LogP contribution is 2.41. The summed E-state index contributed by atoms with van der Waals surface area (Å²) in [6.07, 6.45) is -5.81. The molecule has 1 aliphatic heterocycles. The van der Waals surface area contributed by atoms with Gasteiger partial charge in [0.05, 0.1) is 24.1 Å². The van der Waals surface area contributed by atoms with Crippen LogP contribution in [0.4, 0.5) is 27.8 Å². The third-order valence-corrected chi connectivity index (χ3v) is 6.60. The van der Waals surface area contributed by atoms with Crippen molar-refractivity contribution in [3.63, 3.8) is 0 Å². The number of halogens is 5. The minimum Gasteiger partial charge on any atom is -0.476 e. The van der Waals surface area contributed by atoms with Crippen LogP contribution in [0.15, 0.2) is 29.2 Å². The fourth-order valence-corrected chi connectivity index (χ4v) is 4.07. The molecule has 4 rings (SSSR count). The van der Waals surface area contributed by atoms with Crippen LogP contribution in [0.3, 0.4) is 0 Å². The number of aliphatic hydroxyl groups is 1. The molecule has 3 heterocycles. The molecule has 2 aliphatic rings. The van der Waals surface area contributed by atoms with E-state index in [1.54, 1.807) is 6.07 Å². The molecule has 2 aromatic rings. The number of amides is 1. The Kier molecular flexibility index (Phi) is 7.51. The maximum Gasteiger partial charge on any atom is 0.418 e. The zero-order valence-corrected chi connectivity index (χ0v) is 19.8.